The maximum atomic E-state index is 12.6. The maximum Gasteiger partial charge on any atom is 0.407 e. The molecule has 2 aromatic heterocycles. The van der Waals surface area contributed by atoms with Gasteiger partial charge < -0.3 is 15.4 Å². The van der Waals surface area contributed by atoms with E-state index in [9.17, 15) is 9.59 Å². The van der Waals surface area contributed by atoms with Crippen molar-refractivity contribution in [3.63, 3.8) is 0 Å². The van der Waals surface area contributed by atoms with Crippen LogP contribution in [0.1, 0.15) is 68.1 Å². The van der Waals surface area contributed by atoms with Gasteiger partial charge in [0.05, 0.1) is 0 Å². The van der Waals surface area contributed by atoms with Gasteiger partial charge in [-0.2, -0.15) is 10.2 Å². The number of carbonyl (C=O) groups is 2. The van der Waals surface area contributed by atoms with Crippen LogP contribution in [0.4, 0.5) is 10.6 Å². The highest BCUT2D eigenvalue weighted by Crippen LogP contribution is 2.36. The van der Waals surface area contributed by atoms with E-state index < -0.39 is 0 Å². The Morgan fingerprint density at radius 3 is 2.90 bits per heavy atom. The molecule has 2 fully saturated rings. The van der Waals surface area contributed by atoms with Gasteiger partial charge in [-0.1, -0.05) is 0 Å². The largest absolute Gasteiger partial charge is 0.446 e. The Hall–Kier alpha value is -2.84. The molecule has 4 rings (SSSR count). The zero-order chi connectivity index (χ0) is 20.4. The number of carbonyl (C=O) groups excluding carboxylic acids is 2. The van der Waals surface area contributed by atoms with Crippen molar-refractivity contribution in [2.45, 2.75) is 70.6 Å². The normalized spacial score (nSPS) is 21.3. The topological polar surface area (TPSA) is 114 Å². The maximum absolute atomic E-state index is 12.6. The minimum atomic E-state index is -0.369. The van der Waals surface area contributed by atoms with E-state index in [-0.39, 0.29) is 30.1 Å². The third-order valence-corrected chi connectivity index (χ3v) is 5.42. The van der Waals surface area contributed by atoms with Crippen LogP contribution in [0.3, 0.4) is 0 Å². The molecule has 0 radical (unpaired) electrons. The molecule has 2 atom stereocenters. The summed E-state index contributed by atoms with van der Waals surface area (Å²) in [6.07, 6.45) is 6.06. The van der Waals surface area contributed by atoms with Gasteiger partial charge in [-0.3, -0.25) is 14.6 Å². The Balaban J connectivity index is 1.31. The fourth-order valence-electron chi connectivity index (χ4n) is 3.76. The average Bonchev–Trinajstić information content (AvgIpc) is 3.03. The van der Waals surface area contributed by atoms with E-state index in [0.29, 0.717) is 17.4 Å². The highest BCUT2D eigenvalue weighted by molar-refractivity contribution is 6.02. The van der Waals surface area contributed by atoms with Gasteiger partial charge in [0.2, 0.25) is 0 Å². The van der Waals surface area contributed by atoms with E-state index >= 15 is 0 Å². The van der Waals surface area contributed by atoms with E-state index in [1.165, 1.54) is 12.8 Å². The predicted molar refractivity (Wildman–Crippen MR) is 107 cm³/mol. The summed E-state index contributed by atoms with van der Waals surface area (Å²) in [7, 11) is 0. The second-order valence-corrected chi connectivity index (χ2v) is 8.34. The molecule has 0 aromatic carbocycles. The van der Waals surface area contributed by atoms with Gasteiger partial charge in [0.25, 0.3) is 5.91 Å². The summed E-state index contributed by atoms with van der Waals surface area (Å²) >= 11 is 0. The summed E-state index contributed by atoms with van der Waals surface area (Å²) in [5.74, 6) is 1.15. The van der Waals surface area contributed by atoms with Crippen LogP contribution < -0.4 is 10.6 Å². The van der Waals surface area contributed by atoms with Crippen LogP contribution >= 0.6 is 0 Å². The van der Waals surface area contributed by atoms with Crippen molar-refractivity contribution in [3.8, 4) is 0 Å². The Kier molecular flexibility index (Phi) is 5.55. The number of amides is 2. The number of nitrogens with one attached hydrogen (secondary N) is 3. The lowest BCUT2D eigenvalue weighted by Gasteiger charge is -2.14. The van der Waals surface area contributed by atoms with Crippen LogP contribution in [-0.4, -0.2) is 44.1 Å². The van der Waals surface area contributed by atoms with Crippen LogP contribution in [-0.2, 0) is 11.3 Å². The molecule has 0 bridgehead atoms. The summed E-state index contributed by atoms with van der Waals surface area (Å²) < 4.78 is 7.25. The fourth-order valence-corrected chi connectivity index (χ4v) is 3.76. The van der Waals surface area contributed by atoms with Crippen molar-refractivity contribution < 1.29 is 14.3 Å². The first-order chi connectivity index (χ1) is 14.0. The lowest BCUT2D eigenvalue weighted by molar-refractivity contribution is 0.0979. The molecule has 2 aromatic rings. The molecule has 29 heavy (non-hydrogen) atoms. The minimum Gasteiger partial charge on any atom is -0.446 e. The summed E-state index contributed by atoms with van der Waals surface area (Å²) in [5, 5.41) is 17.1. The summed E-state index contributed by atoms with van der Waals surface area (Å²) in [6.45, 7) is 4.59. The van der Waals surface area contributed by atoms with E-state index in [1.54, 1.807) is 16.9 Å². The number of rotatable bonds is 7. The predicted octanol–water partition coefficient (Wildman–Crippen LogP) is 3.04. The number of alkyl carbamates (subject to hydrolysis) is 1. The van der Waals surface area contributed by atoms with Gasteiger partial charge in [0, 0.05) is 36.5 Å². The Morgan fingerprint density at radius 1 is 1.31 bits per heavy atom. The van der Waals surface area contributed by atoms with Crippen molar-refractivity contribution in [1.82, 2.24) is 25.3 Å². The Morgan fingerprint density at radius 2 is 2.14 bits per heavy atom. The van der Waals surface area contributed by atoms with Crippen LogP contribution in [0, 0.1) is 5.92 Å². The Bertz CT molecular complexity index is 869. The number of aromatic nitrogens is 4. The molecule has 2 heterocycles. The van der Waals surface area contributed by atoms with Crippen LogP contribution in [0.15, 0.2) is 18.3 Å². The number of H-pyrrole nitrogens is 1. The summed E-state index contributed by atoms with van der Waals surface area (Å²) in [6, 6.07) is 3.65. The van der Waals surface area contributed by atoms with Crippen molar-refractivity contribution >= 4 is 17.8 Å². The van der Waals surface area contributed by atoms with Gasteiger partial charge >= 0.3 is 6.09 Å². The van der Waals surface area contributed by atoms with E-state index in [4.69, 9.17) is 4.74 Å². The Labute approximate surface area is 169 Å². The molecular formula is C20H28N6O3. The lowest BCUT2D eigenvalue weighted by atomic mass is 10.0. The first kappa shape index (κ1) is 19.5. The van der Waals surface area contributed by atoms with Crippen LogP contribution in [0.2, 0.25) is 0 Å². The first-order valence-electron chi connectivity index (χ1n) is 10.3. The third-order valence-electron chi connectivity index (χ3n) is 5.42. The monoisotopic (exact) mass is 400 g/mol. The molecule has 9 heteroatoms. The third kappa shape index (κ3) is 4.96. The lowest BCUT2D eigenvalue weighted by Crippen LogP contribution is -2.33. The summed E-state index contributed by atoms with van der Waals surface area (Å²) in [4.78, 5) is 24.4. The fraction of sp³-hybridized carbons (Fsp3) is 0.600. The SMILES string of the molecule is CC(C)NC(=O)O[C@@H]1CC[C@H](c2cc(NC(=O)c3ccnn3CC3CC3)n[nH]2)C1. The van der Waals surface area contributed by atoms with Crippen molar-refractivity contribution in [2.24, 2.45) is 5.92 Å². The molecule has 0 spiro atoms. The van der Waals surface area contributed by atoms with Gasteiger partial charge in [0.15, 0.2) is 5.82 Å². The molecule has 2 aliphatic carbocycles. The molecule has 3 N–H and O–H groups in total. The average molecular weight is 400 g/mol. The number of ether oxygens (including phenoxy) is 1. The smallest absolute Gasteiger partial charge is 0.407 e. The van der Waals surface area contributed by atoms with Gasteiger partial charge in [-0.05, 0) is 57.9 Å². The molecular weight excluding hydrogens is 372 g/mol. The highest BCUT2D eigenvalue weighted by atomic mass is 16.6. The number of aromatic amines is 1. The molecule has 2 saturated carbocycles. The molecule has 156 valence electrons. The van der Waals surface area contributed by atoms with Gasteiger partial charge in [0.1, 0.15) is 11.8 Å². The minimum absolute atomic E-state index is 0.0547. The number of nitrogens with zero attached hydrogens (tertiary/aromatic N) is 3. The first-order valence-corrected chi connectivity index (χ1v) is 10.3. The van der Waals surface area contributed by atoms with E-state index in [0.717, 1.165) is 31.5 Å². The number of hydrogen-bond donors (Lipinski definition) is 3. The van der Waals surface area contributed by atoms with Crippen molar-refractivity contribution in [1.29, 1.82) is 0 Å². The van der Waals surface area contributed by atoms with Crippen molar-refractivity contribution in [2.75, 3.05) is 5.32 Å². The van der Waals surface area contributed by atoms with Gasteiger partial charge in [-0.25, -0.2) is 4.79 Å². The zero-order valence-corrected chi connectivity index (χ0v) is 16.9. The van der Waals surface area contributed by atoms with Crippen molar-refractivity contribution in [3.05, 3.63) is 29.7 Å². The van der Waals surface area contributed by atoms with E-state index in [2.05, 4.69) is 25.9 Å². The van der Waals surface area contributed by atoms with Crippen LogP contribution in [0.25, 0.3) is 0 Å². The quantitative estimate of drug-likeness (QED) is 0.661. The molecule has 0 aliphatic heterocycles. The molecule has 0 unspecified atom stereocenters. The van der Waals surface area contributed by atoms with Gasteiger partial charge in [-0.15, -0.1) is 0 Å². The van der Waals surface area contributed by atoms with E-state index in [1.807, 2.05) is 19.9 Å². The molecule has 2 aliphatic rings. The number of hydrogen-bond acceptors (Lipinski definition) is 5. The summed E-state index contributed by atoms with van der Waals surface area (Å²) in [5.41, 5.74) is 1.49. The zero-order valence-electron chi connectivity index (χ0n) is 16.9. The molecule has 2 amide bonds. The second kappa shape index (κ2) is 8.26. The molecule has 9 nitrogen and oxygen atoms in total. The van der Waals surface area contributed by atoms with Crippen LogP contribution in [0.5, 0.6) is 0 Å². The number of anilines is 1. The second-order valence-electron chi connectivity index (χ2n) is 8.34. The highest BCUT2D eigenvalue weighted by Gasteiger charge is 2.30. The molecule has 0 saturated heterocycles. The standard InChI is InChI=1S/C20H28N6O3/c1-12(2)22-20(28)29-15-6-5-14(9-15)16-10-18(25-24-16)23-19(27)17-7-8-21-26(17)11-13-3-4-13/h7-8,10,12-15H,3-6,9,11H2,1-2H3,(H,22,28)(H2,23,24,25,27)/t14-,15+/m0/s1.